The minimum atomic E-state index is -4.60. The Morgan fingerprint density at radius 2 is 1.89 bits per heavy atom. The lowest BCUT2D eigenvalue weighted by atomic mass is 10.1. The summed E-state index contributed by atoms with van der Waals surface area (Å²) in [5, 5.41) is 4.42. The maximum Gasteiger partial charge on any atom is 0.422 e. The van der Waals surface area contributed by atoms with Crippen molar-refractivity contribution in [1.29, 1.82) is 0 Å². The molecule has 19 heavy (non-hydrogen) atoms. The van der Waals surface area contributed by atoms with E-state index >= 15 is 0 Å². The fourth-order valence-corrected chi connectivity index (χ4v) is 1.22. The normalized spacial score (nSPS) is 10.7. The molecule has 1 aromatic rings. The highest BCUT2D eigenvalue weighted by Crippen LogP contribution is 2.17. The van der Waals surface area contributed by atoms with Gasteiger partial charge in [0, 0.05) is 7.05 Å². The summed E-state index contributed by atoms with van der Waals surface area (Å²) in [5.41, 5.74) is 0.183. The molecule has 0 saturated heterocycles. The first-order valence-electron chi connectivity index (χ1n) is 5.15. The molecule has 0 aliphatic carbocycles. The van der Waals surface area contributed by atoms with Crippen LogP contribution in [0, 0.1) is 0 Å². The summed E-state index contributed by atoms with van der Waals surface area (Å²) >= 11 is 0. The highest BCUT2D eigenvalue weighted by atomic mass is 19.4. The molecule has 0 aromatic heterocycles. The lowest BCUT2D eigenvalue weighted by molar-refractivity contribution is -0.159. The molecule has 8 heteroatoms. The molecular formula is C11H11F3N2O3. The van der Waals surface area contributed by atoms with Gasteiger partial charge in [0.05, 0.1) is 11.3 Å². The molecule has 0 fully saturated rings. The summed E-state index contributed by atoms with van der Waals surface area (Å²) in [7, 11) is 1.39. The van der Waals surface area contributed by atoms with Gasteiger partial charge in [-0.25, -0.2) is 4.79 Å². The van der Waals surface area contributed by atoms with Crippen LogP contribution in [0.15, 0.2) is 24.3 Å². The molecule has 0 spiro atoms. The smallest absolute Gasteiger partial charge is 0.422 e. The van der Waals surface area contributed by atoms with Crippen molar-refractivity contribution >= 4 is 17.7 Å². The Hall–Kier alpha value is -2.25. The van der Waals surface area contributed by atoms with Crippen molar-refractivity contribution in [2.45, 2.75) is 6.18 Å². The molecule has 0 radical (unpaired) electrons. The zero-order chi connectivity index (χ0) is 14.5. The second kappa shape index (κ2) is 6.07. The molecule has 0 atom stereocenters. The number of amides is 2. The summed E-state index contributed by atoms with van der Waals surface area (Å²) in [4.78, 5) is 22.6. The Balaban J connectivity index is 2.72. The first kappa shape index (κ1) is 14.8. The fraction of sp³-hybridized carbons (Fsp3) is 0.273. The van der Waals surface area contributed by atoms with E-state index in [0.717, 1.165) is 0 Å². The van der Waals surface area contributed by atoms with E-state index in [1.165, 1.54) is 25.2 Å². The third-order valence-corrected chi connectivity index (χ3v) is 2.00. The minimum Gasteiger partial charge on any atom is -0.440 e. The highest BCUT2D eigenvalue weighted by molar-refractivity contribution is 6.02. The van der Waals surface area contributed by atoms with Crippen molar-refractivity contribution in [1.82, 2.24) is 5.32 Å². The zero-order valence-electron chi connectivity index (χ0n) is 9.88. The number of benzene rings is 1. The Bertz CT molecular complexity index is 474. The predicted molar refractivity (Wildman–Crippen MR) is 60.9 cm³/mol. The lowest BCUT2D eigenvalue weighted by Gasteiger charge is -2.11. The first-order chi connectivity index (χ1) is 8.83. The first-order valence-corrected chi connectivity index (χ1v) is 5.15. The number of rotatable bonds is 3. The van der Waals surface area contributed by atoms with Crippen molar-refractivity contribution < 1.29 is 27.5 Å². The summed E-state index contributed by atoms with van der Waals surface area (Å²) in [5.74, 6) is -0.480. The van der Waals surface area contributed by atoms with Gasteiger partial charge in [0.25, 0.3) is 5.91 Å². The molecule has 0 heterocycles. The van der Waals surface area contributed by atoms with Gasteiger partial charge in [-0.2, -0.15) is 13.2 Å². The van der Waals surface area contributed by atoms with Crippen molar-refractivity contribution in [3.63, 3.8) is 0 Å². The summed E-state index contributed by atoms with van der Waals surface area (Å²) < 4.78 is 39.5. The van der Waals surface area contributed by atoms with Crippen molar-refractivity contribution in [3.05, 3.63) is 29.8 Å². The number of para-hydroxylation sites is 1. The van der Waals surface area contributed by atoms with E-state index in [4.69, 9.17) is 0 Å². The summed E-state index contributed by atoms with van der Waals surface area (Å²) in [6.07, 6.45) is -5.88. The number of ether oxygens (including phenoxy) is 1. The third kappa shape index (κ3) is 4.86. The number of hydrogen-bond donors (Lipinski definition) is 2. The van der Waals surface area contributed by atoms with Crippen LogP contribution < -0.4 is 10.6 Å². The van der Waals surface area contributed by atoms with E-state index < -0.39 is 24.8 Å². The number of hydrogen-bond acceptors (Lipinski definition) is 3. The Kier molecular flexibility index (Phi) is 4.74. The van der Waals surface area contributed by atoms with Crippen LogP contribution in [-0.2, 0) is 4.74 Å². The second-order valence-corrected chi connectivity index (χ2v) is 3.44. The molecule has 104 valence electrons. The predicted octanol–water partition coefficient (Wildman–Crippen LogP) is 2.16. The van der Waals surface area contributed by atoms with Crippen LogP contribution in [0.4, 0.5) is 23.7 Å². The van der Waals surface area contributed by atoms with Crippen molar-refractivity contribution in [2.75, 3.05) is 19.0 Å². The van der Waals surface area contributed by atoms with Gasteiger partial charge in [-0.05, 0) is 12.1 Å². The fourth-order valence-electron chi connectivity index (χ4n) is 1.22. The van der Waals surface area contributed by atoms with Crippen LogP contribution in [0.25, 0.3) is 0 Å². The highest BCUT2D eigenvalue weighted by Gasteiger charge is 2.29. The standard InChI is InChI=1S/C11H11F3N2O3/c1-15-9(17)7-4-2-3-5-8(7)16-10(18)19-6-11(12,13)14/h2-5H,6H2,1H3,(H,15,17)(H,16,18). The van der Waals surface area contributed by atoms with Gasteiger partial charge in [-0.1, -0.05) is 12.1 Å². The van der Waals surface area contributed by atoms with Crippen LogP contribution in [0.2, 0.25) is 0 Å². The van der Waals surface area contributed by atoms with Gasteiger partial charge >= 0.3 is 12.3 Å². The number of anilines is 1. The number of halogens is 3. The van der Waals surface area contributed by atoms with Gasteiger partial charge in [0.15, 0.2) is 6.61 Å². The van der Waals surface area contributed by atoms with Gasteiger partial charge in [-0.3, -0.25) is 10.1 Å². The summed E-state index contributed by atoms with van der Waals surface area (Å²) in [6.45, 7) is -1.69. The maximum absolute atomic E-state index is 11.8. The van der Waals surface area contributed by atoms with E-state index in [1.807, 2.05) is 0 Å². The van der Waals surface area contributed by atoms with E-state index in [-0.39, 0.29) is 11.3 Å². The van der Waals surface area contributed by atoms with Gasteiger partial charge < -0.3 is 10.1 Å². The third-order valence-electron chi connectivity index (χ3n) is 2.00. The Labute approximate surface area is 106 Å². The quantitative estimate of drug-likeness (QED) is 0.889. The van der Waals surface area contributed by atoms with E-state index in [0.29, 0.717) is 0 Å². The summed E-state index contributed by atoms with van der Waals surface area (Å²) in [6, 6.07) is 5.86. The van der Waals surface area contributed by atoms with Crippen LogP contribution in [0.1, 0.15) is 10.4 Å². The van der Waals surface area contributed by atoms with Crippen LogP contribution in [0.5, 0.6) is 0 Å². The average Bonchev–Trinajstić information content (AvgIpc) is 2.35. The molecule has 0 saturated carbocycles. The molecule has 0 aliphatic rings. The number of alkyl halides is 3. The zero-order valence-corrected chi connectivity index (χ0v) is 9.88. The number of carbonyl (C=O) groups is 2. The van der Waals surface area contributed by atoms with Crippen LogP contribution in [-0.4, -0.2) is 31.8 Å². The Morgan fingerprint density at radius 1 is 1.26 bits per heavy atom. The lowest BCUT2D eigenvalue weighted by Crippen LogP contribution is -2.25. The molecule has 0 bridgehead atoms. The Morgan fingerprint density at radius 3 is 2.47 bits per heavy atom. The largest absolute Gasteiger partial charge is 0.440 e. The molecule has 5 nitrogen and oxygen atoms in total. The van der Waals surface area contributed by atoms with E-state index in [2.05, 4.69) is 15.4 Å². The molecule has 2 N–H and O–H groups in total. The topological polar surface area (TPSA) is 67.4 Å². The molecular weight excluding hydrogens is 265 g/mol. The molecule has 1 aromatic carbocycles. The van der Waals surface area contributed by atoms with E-state index in [9.17, 15) is 22.8 Å². The molecule has 0 unspecified atom stereocenters. The second-order valence-electron chi connectivity index (χ2n) is 3.44. The SMILES string of the molecule is CNC(=O)c1ccccc1NC(=O)OCC(F)(F)F. The number of carbonyl (C=O) groups excluding carboxylic acids is 2. The van der Waals surface area contributed by atoms with Gasteiger partial charge in [0.1, 0.15) is 0 Å². The van der Waals surface area contributed by atoms with Gasteiger partial charge in [-0.15, -0.1) is 0 Å². The maximum atomic E-state index is 11.8. The molecule has 2 amide bonds. The monoisotopic (exact) mass is 276 g/mol. The van der Waals surface area contributed by atoms with E-state index in [1.54, 1.807) is 6.07 Å². The van der Waals surface area contributed by atoms with Crippen molar-refractivity contribution in [2.24, 2.45) is 0 Å². The van der Waals surface area contributed by atoms with Crippen molar-refractivity contribution in [3.8, 4) is 0 Å². The minimum absolute atomic E-state index is 0.0639. The average molecular weight is 276 g/mol. The van der Waals surface area contributed by atoms with Crippen LogP contribution >= 0.6 is 0 Å². The number of nitrogens with one attached hydrogen (secondary N) is 2. The molecule has 1 rings (SSSR count). The van der Waals surface area contributed by atoms with Gasteiger partial charge in [0.2, 0.25) is 0 Å². The molecule has 0 aliphatic heterocycles. The van der Waals surface area contributed by atoms with Crippen LogP contribution in [0.3, 0.4) is 0 Å².